The van der Waals surface area contributed by atoms with E-state index in [0.717, 1.165) is 17.1 Å². The highest BCUT2D eigenvalue weighted by molar-refractivity contribution is 7.89. The number of rotatable bonds is 10. The molecule has 7 heteroatoms. The van der Waals surface area contributed by atoms with Gasteiger partial charge in [-0.2, -0.15) is 4.31 Å². The largest absolute Gasteiger partial charge is 0.352 e. The first kappa shape index (κ1) is 23.6. The molecule has 0 bridgehead atoms. The molecule has 0 radical (unpaired) electrons. The highest BCUT2D eigenvalue weighted by Gasteiger charge is 2.27. The lowest BCUT2D eigenvalue weighted by atomic mass is 10.1. The van der Waals surface area contributed by atoms with Gasteiger partial charge in [0.05, 0.1) is 11.4 Å². The smallest absolute Gasteiger partial charge is 0.243 e. The molecule has 1 amide bonds. The summed E-state index contributed by atoms with van der Waals surface area (Å²) in [4.78, 5) is 12.8. The van der Waals surface area contributed by atoms with E-state index in [1.54, 1.807) is 18.2 Å². The molecule has 3 aromatic carbocycles. The van der Waals surface area contributed by atoms with Crippen molar-refractivity contribution in [3.8, 4) is 0 Å². The van der Waals surface area contributed by atoms with E-state index in [4.69, 9.17) is 0 Å². The fraction of sp³-hybridized carbons (Fsp3) is 0.240. The average molecular weight is 455 g/mol. The zero-order chi connectivity index (χ0) is 23.0. The van der Waals surface area contributed by atoms with E-state index in [1.165, 1.54) is 42.0 Å². The van der Waals surface area contributed by atoms with Crippen molar-refractivity contribution in [1.29, 1.82) is 0 Å². The Morgan fingerprint density at radius 2 is 1.50 bits per heavy atom. The van der Waals surface area contributed by atoms with E-state index in [9.17, 15) is 17.6 Å². The molecule has 32 heavy (non-hydrogen) atoms. The molecule has 0 fully saturated rings. The second-order valence-electron chi connectivity index (χ2n) is 7.71. The molecule has 0 aromatic heterocycles. The third-order valence-electron chi connectivity index (χ3n) is 5.09. The summed E-state index contributed by atoms with van der Waals surface area (Å²) >= 11 is 0. The van der Waals surface area contributed by atoms with Crippen molar-refractivity contribution in [3.05, 3.63) is 102 Å². The van der Waals surface area contributed by atoms with Crippen LogP contribution in [0.3, 0.4) is 0 Å². The second kappa shape index (κ2) is 11.0. The van der Waals surface area contributed by atoms with Crippen molar-refractivity contribution in [2.45, 2.75) is 37.2 Å². The molecule has 0 aliphatic carbocycles. The Morgan fingerprint density at radius 1 is 0.906 bits per heavy atom. The van der Waals surface area contributed by atoms with Crippen molar-refractivity contribution < 1.29 is 17.6 Å². The minimum absolute atomic E-state index is 0.0384. The van der Waals surface area contributed by atoms with Gasteiger partial charge in [-0.15, -0.1) is 0 Å². The van der Waals surface area contributed by atoms with Gasteiger partial charge in [0.15, 0.2) is 0 Å². The summed E-state index contributed by atoms with van der Waals surface area (Å²) in [5, 5.41) is 2.89. The van der Waals surface area contributed by atoms with Crippen LogP contribution in [-0.2, 0) is 27.8 Å². The van der Waals surface area contributed by atoms with Gasteiger partial charge < -0.3 is 5.32 Å². The van der Waals surface area contributed by atoms with Gasteiger partial charge in [0.2, 0.25) is 15.9 Å². The molecular weight excluding hydrogens is 427 g/mol. The topological polar surface area (TPSA) is 66.5 Å². The predicted molar refractivity (Wildman–Crippen MR) is 123 cm³/mol. The van der Waals surface area contributed by atoms with Gasteiger partial charge in [-0.1, -0.05) is 60.7 Å². The van der Waals surface area contributed by atoms with Crippen molar-refractivity contribution in [3.63, 3.8) is 0 Å². The fourth-order valence-electron chi connectivity index (χ4n) is 3.34. The molecule has 168 valence electrons. The molecule has 0 unspecified atom stereocenters. The summed E-state index contributed by atoms with van der Waals surface area (Å²) in [5.74, 6) is -0.789. The minimum atomic E-state index is -3.92. The van der Waals surface area contributed by atoms with Crippen molar-refractivity contribution in [1.82, 2.24) is 9.62 Å². The number of nitrogens with zero attached hydrogens (tertiary/aromatic N) is 1. The number of carbonyl (C=O) groups is 1. The molecule has 5 nitrogen and oxygen atoms in total. The van der Waals surface area contributed by atoms with Crippen LogP contribution in [0.4, 0.5) is 4.39 Å². The zero-order valence-corrected chi connectivity index (χ0v) is 18.8. The van der Waals surface area contributed by atoms with E-state index >= 15 is 0 Å². The second-order valence-corrected chi connectivity index (χ2v) is 9.64. The number of hydrogen-bond acceptors (Lipinski definition) is 3. The van der Waals surface area contributed by atoms with Crippen LogP contribution in [0.2, 0.25) is 0 Å². The van der Waals surface area contributed by atoms with Crippen LogP contribution in [0.15, 0.2) is 89.8 Å². The molecule has 0 heterocycles. The first-order valence-electron chi connectivity index (χ1n) is 10.5. The molecule has 0 saturated heterocycles. The average Bonchev–Trinajstić information content (AvgIpc) is 2.80. The highest BCUT2D eigenvalue weighted by atomic mass is 32.2. The maximum Gasteiger partial charge on any atom is 0.243 e. The van der Waals surface area contributed by atoms with E-state index < -0.39 is 15.8 Å². The Balaban J connectivity index is 1.70. The number of amides is 1. The fourth-order valence-corrected chi connectivity index (χ4v) is 4.75. The number of nitrogens with one attached hydrogen (secondary N) is 1. The van der Waals surface area contributed by atoms with Crippen molar-refractivity contribution in [2.24, 2.45) is 0 Å². The summed E-state index contributed by atoms with van der Waals surface area (Å²) in [6.07, 6.45) is 1.54. The van der Waals surface area contributed by atoms with Crippen LogP contribution in [0.5, 0.6) is 0 Å². The Hall–Kier alpha value is -3.03. The van der Waals surface area contributed by atoms with Gasteiger partial charge in [0, 0.05) is 12.6 Å². The molecule has 0 spiro atoms. The molecule has 1 N–H and O–H groups in total. The predicted octanol–water partition coefficient (Wildman–Crippen LogP) is 4.15. The quantitative estimate of drug-likeness (QED) is 0.500. The lowest BCUT2D eigenvalue weighted by molar-refractivity contribution is -0.122. The summed E-state index contributed by atoms with van der Waals surface area (Å²) in [6, 6.07) is 23.4. The van der Waals surface area contributed by atoms with Crippen molar-refractivity contribution >= 4 is 15.9 Å². The molecule has 3 aromatic rings. The van der Waals surface area contributed by atoms with Gasteiger partial charge in [-0.25, -0.2) is 12.8 Å². The van der Waals surface area contributed by atoms with E-state index in [2.05, 4.69) is 5.32 Å². The molecule has 1 atom stereocenters. The van der Waals surface area contributed by atoms with Crippen LogP contribution in [-0.4, -0.2) is 31.2 Å². The lowest BCUT2D eigenvalue weighted by Gasteiger charge is -2.23. The van der Waals surface area contributed by atoms with Crippen LogP contribution in [0, 0.1) is 5.82 Å². The molecule has 0 saturated carbocycles. The number of sulfonamides is 1. The summed E-state index contributed by atoms with van der Waals surface area (Å²) in [6.45, 7) is 1.53. The van der Waals surface area contributed by atoms with Gasteiger partial charge >= 0.3 is 0 Å². The van der Waals surface area contributed by atoms with Gasteiger partial charge in [0.1, 0.15) is 5.82 Å². The van der Waals surface area contributed by atoms with Crippen LogP contribution < -0.4 is 5.32 Å². The first-order valence-corrected chi connectivity index (χ1v) is 11.9. The normalized spacial score (nSPS) is 12.5. The van der Waals surface area contributed by atoms with Crippen LogP contribution in [0.25, 0.3) is 0 Å². The molecule has 0 aliphatic rings. The van der Waals surface area contributed by atoms with Crippen LogP contribution >= 0.6 is 0 Å². The summed E-state index contributed by atoms with van der Waals surface area (Å²) < 4.78 is 40.8. The molecule has 3 rings (SSSR count). The maximum atomic E-state index is 13.3. The third-order valence-corrected chi connectivity index (χ3v) is 6.90. The van der Waals surface area contributed by atoms with E-state index in [1.807, 2.05) is 37.3 Å². The minimum Gasteiger partial charge on any atom is -0.352 e. The van der Waals surface area contributed by atoms with E-state index in [-0.39, 0.29) is 29.9 Å². The highest BCUT2D eigenvalue weighted by Crippen LogP contribution is 2.18. The number of hydrogen-bond donors (Lipinski definition) is 1. The Morgan fingerprint density at radius 3 is 2.12 bits per heavy atom. The molecular formula is C25H27FN2O3S. The Labute approximate surface area is 188 Å². The lowest BCUT2D eigenvalue weighted by Crippen LogP contribution is -2.43. The summed E-state index contributed by atoms with van der Waals surface area (Å²) in [7, 11) is -3.92. The molecule has 0 aliphatic heterocycles. The van der Waals surface area contributed by atoms with Gasteiger partial charge in [0.25, 0.3) is 0 Å². The summed E-state index contributed by atoms with van der Waals surface area (Å²) in [5.41, 5.74) is 1.77. The standard InChI is InChI=1S/C25H27FN2O3S/c1-20(12-13-21-8-4-2-5-9-21)27-25(29)19-28(18-22-14-16-23(26)17-15-22)32(30,31)24-10-6-3-7-11-24/h2-11,14-17,20H,12-13,18-19H2,1H3,(H,27,29)/t20-/m1/s1. The third kappa shape index (κ3) is 6.73. The van der Waals surface area contributed by atoms with Crippen molar-refractivity contribution in [2.75, 3.05) is 6.54 Å². The van der Waals surface area contributed by atoms with E-state index in [0.29, 0.717) is 5.56 Å². The van der Waals surface area contributed by atoms with Gasteiger partial charge in [-0.05, 0) is 55.2 Å². The first-order chi connectivity index (χ1) is 15.3. The maximum absolute atomic E-state index is 13.3. The number of benzene rings is 3. The Kier molecular flexibility index (Phi) is 8.14. The number of halogens is 1. The van der Waals surface area contributed by atoms with Gasteiger partial charge in [-0.3, -0.25) is 4.79 Å². The zero-order valence-electron chi connectivity index (χ0n) is 17.9. The van der Waals surface area contributed by atoms with Crippen LogP contribution in [0.1, 0.15) is 24.5 Å². The monoisotopic (exact) mass is 454 g/mol. The number of aryl methyl sites for hydroxylation is 1. The SMILES string of the molecule is C[C@H](CCc1ccccc1)NC(=O)CN(Cc1ccc(F)cc1)S(=O)(=O)c1ccccc1. The number of carbonyl (C=O) groups excluding carboxylic acids is 1. The Bertz CT molecular complexity index is 1100.